The Kier molecular flexibility index (Phi) is 3.71. The maximum atomic E-state index is 9.65. The van der Waals surface area contributed by atoms with E-state index in [0.717, 1.165) is 26.1 Å². The van der Waals surface area contributed by atoms with Crippen molar-refractivity contribution in [1.29, 1.82) is 0 Å². The number of hydrogen-bond donors (Lipinski definition) is 2. The maximum absolute atomic E-state index is 9.65. The van der Waals surface area contributed by atoms with Gasteiger partial charge < -0.3 is 14.9 Å². The lowest BCUT2D eigenvalue weighted by atomic mass is 9.88. The second kappa shape index (κ2) is 4.40. The van der Waals surface area contributed by atoms with Gasteiger partial charge in [0.1, 0.15) is 0 Å². The van der Waals surface area contributed by atoms with Crippen LogP contribution < -0.4 is 0 Å². The number of rotatable bonds is 3. The van der Waals surface area contributed by atoms with Crippen molar-refractivity contribution >= 4 is 0 Å². The Bertz CT molecular complexity index is 145. The molecule has 0 aromatic rings. The van der Waals surface area contributed by atoms with Crippen LogP contribution in [0.4, 0.5) is 0 Å². The molecule has 0 amide bonds. The van der Waals surface area contributed by atoms with Crippen molar-refractivity contribution in [1.82, 2.24) is 0 Å². The van der Waals surface area contributed by atoms with Gasteiger partial charge >= 0.3 is 0 Å². The molecule has 1 aliphatic rings. The van der Waals surface area contributed by atoms with Crippen molar-refractivity contribution in [2.45, 2.75) is 44.8 Å². The third-order valence-electron chi connectivity index (χ3n) is 2.71. The lowest BCUT2D eigenvalue weighted by Crippen LogP contribution is -2.38. The van der Waals surface area contributed by atoms with Gasteiger partial charge in [-0.25, -0.2) is 0 Å². The normalized spacial score (nSPS) is 23.1. The topological polar surface area (TPSA) is 49.7 Å². The first-order valence-electron chi connectivity index (χ1n) is 4.98. The van der Waals surface area contributed by atoms with Gasteiger partial charge in [-0.05, 0) is 39.0 Å². The van der Waals surface area contributed by atoms with Crippen molar-refractivity contribution in [2.75, 3.05) is 13.2 Å². The summed E-state index contributed by atoms with van der Waals surface area (Å²) in [7, 11) is 0. The van der Waals surface area contributed by atoms with Crippen molar-refractivity contribution in [2.24, 2.45) is 5.92 Å². The number of aliphatic hydroxyl groups is 2. The fourth-order valence-electron chi connectivity index (χ4n) is 1.59. The highest BCUT2D eigenvalue weighted by Crippen LogP contribution is 2.24. The standard InChI is InChI=1S/C10H20O3/c1-10(2,12)9(11)7-8-3-5-13-6-4-8/h8-9,11-12H,3-7H2,1-2H3. The Morgan fingerprint density at radius 1 is 1.38 bits per heavy atom. The summed E-state index contributed by atoms with van der Waals surface area (Å²) in [6.45, 7) is 4.89. The van der Waals surface area contributed by atoms with Crippen LogP contribution in [0.5, 0.6) is 0 Å². The van der Waals surface area contributed by atoms with E-state index in [9.17, 15) is 10.2 Å². The van der Waals surface area contributed by atoms with Crippen LogP contribution in [0, 0.1) is 5.92 Å². The van der Waals surface area contributed by atoms with Crippen LogP contribution in [0.1, 0.15) is 33.1 Å². The molecule has 0 radical (unpaired) electrons. The lowest BCUT2D eigenvalue weighted by molar-refractivity contribution is -0.0657. The molecule has 1 unspecified atom stereocenters. The second-order valence-electron chi connectivity index (χ2n) is 4.46. The van der Waals surface area contributed by atoms with Gasteiger partial charge in [0, 0.05) is 13.2 Å². The van der Waals surface area contributed by atoms with Crippen LogP contribution in [0.2, 0.25) is 0 Å². The Hall–Kier alpha value is -0.120. The van der Waals surface area contributed by atoms with Gasteiger partial charge in [-0.3, -0.25) is 0 Å². The highest BCUT2D eigenvalue weighted by atomic mass is 16.5. The minimum Gasteiger partial charge on any atom is -0.390 e. The molecule has 0 saturated carbocycles. The molecule has 0 aromatic heterocycles. The van der Waals surface area contributed by atoms with Gasteiger partial charge in [0.05, 0.1) is 11.7 Å². The molecule has 0 spiro atoms. The van der Waals surface area contributed by atoms with Crippen molar-refractivity contribution in [3.63, 3.8) is 0 Å². The zero-order chi connectivity index (χ0) is 9.90. The summed E-state index contributed by atoms with van der Waals surface area (Å²) >= 11 is 0. The van der Waals surface area contributed by atoms with E-state index in [1.807, 2.05) is 0 Å². The Balaban J connectivity index is 2.30. The molecule has 1 aliphatic heterocycles. The fourth-order valence-corrected chi connectivity index (χ4v) is 1.59. The SMILES string of the molecule is CC(C)(O)C(O)CC1CCOCC1. The van der Waals surface area contributed by atoms with Crippen LogP contribution in [0.25, 0.3) is 0 Å². The van der Waals surface area contributed by atoms with Gasteiger partial charge in [-0.15, -0.1) is 0 Å². The first-order chi connectivity index (χ1) is 6.00. The molecule has 1 rings (SSSR count). The summed E-state index contributed by atoms with van der Waals surface area (Å²) in [5, 5.41) is 19.2. The monoisotopic (exact) mass is 188 g/mol. The van der Waals surface area contributed by atoms with E-state index >= 15 is 0 Å². The van der Waals surface area contributed by atoms with Crippen LogP contribution in [0.15, 0.2) is 0 Å². The summed E-state index contributed by atoms with van der Waals surface area (Å²) in [5.74, 6) is 0.509. The summed E-state index contributed by atoms with van der Waals surface area (Å²) in [6.07, 6.45) is 2.09. The molecule has 1 atom stereocenters. The molecule has 3 heteroatoms. The van der Waals surface area contributed by atoms with Crippen LogP contribution in [-0.4, -0.2) is 35.1 Å². The quantitative estimate of drug-likeness (QED) is 0.693. The zero-order valence-corrected chi connectivity index (χ0v) is 8.49. The van der Waals surface area contributed by atoms with Crippen molar-refractivity contribution < 1.29 is 14.9 Å². The molecule has 13 heavy (non-hydrogen) atoms. The molecule has 78 valence electrons. The summed E-state index contributed by atoms with van der Waals surface area (Å²) in [4.78, 5) is 0. The Morgan fingerprint density at radius 3 is 2.38 bits per heavy atom. The minimum atomic E-state index is -0.974. The molecule has 1 saturated heterocycles. The molecule has 3 nitrogen and oxygen atoms in total. The van der Waals surface area contributed by atoms with E-state index in [1.54, 1.807) is 13.8 Å². The van der Waals surface area contributed by atoms with Gasteiger partial charge in [-0.2, -0.15) is 0 Å². The van der Waals surface area contributed by atoms with Gasteiger partial charge in [-0.1, -0.05) is 0 Å². The summed E-state index contributed by atoms with van der Waals surface area (Å²) < 4.78 is 5.22. The summed E-state index contributed by atoms with van der Waals surface area (Å²) in [6, 6.07) is 0. The molecular weight excluding hydrogens is 168 g/mol. The first kappa shape index (κ1) is 11.0. The van der Waals surface area contributed by atoms with Crippen LogP contribution in [0.3, 0.4) is 0 Å². The molecule has 1 fully saturated rings. The Labute approximate surface area is 79.7 Å². The third kappa shape index (κ3) is 3.63. The van der Waals surface area contributed by atoms with E-state index in [1.165, 1.54) is 0 Å². The third-order valence-corrected chi connectivity index (χ3v) is 2.71. The number of ether oxygens (including phenoxy) is 1. The predicted molar refractivity (Wildman–Crippen MR) is 50.5 cm³/mol. The average molecular weight is 188 g/mol. The lowest BCUT2D eigenvalue weighted by Gasteiger charge is -2.30. The summed E-state index contributed by atoms with van der Waals surface area (Å²) in [5.41, 5.74) is -0.974. The smallest absolute Gasteiger partial charge is 0.0849 e. The molecule has 0 aromatic carbocycles. The van der Waals surface area contributed by atoms with E-state index in [2.05, 4.69) is 0 Å². The molecule has 0 bridgehead atoms. The number of aliphatic hydroxyl groups excluding tert-OH is 1. The number of hydrogen-bond acceptors (Lipinski definition) is 3. The van der Waals surface area contributed by atoms with Gasteiger partial charge in [0.15, 0.2) is 0 Å². The largest absolute Gasteiger partial charge is 0.390 e. The highest BCUT2D eigenvalue weighted by Gasteiger charge is 2.28. The minimum absolute atomic E-state index is 0.509. The van der Waals surface area contributed by atoms with Crippen LogP contribution >= 0.6 is 0 Å². The van der Waals surface area contributed by atoms with E-state index in [-0.39, 0.29) is 0 Å². The molecule has 2 N–H and O–H groups in total. The van der Waals surface area contributed by atoms with E-state index in [4.69, 9.17) is 4.74 Å². The second-order valence-corrected chi connectivity index (χ2v) is 4.46. The zero-order valence-electron chi connectivity index (χ0n) is 8.49. The van der Waals surface area contributed by atoms with Crippen molar-refractivity contribution in [3.8, 4) is 0 Å². The predicted octanol–water partition coefficient (Wildman–Crippen LogP) is 0.935. The van der Waals surface area contributed by atoms with E-state index < -0.39 is 11.7 Å². The molecule has 0 aliphatic carbocycles. The fraction of sp³-hybridized carbons (Fsp3) is 1.00. The maximum Gasteiger partial charge on any atom is 0.0849 e. The van der Waals surface area contributed by atoms with Gasteiger partial charge in [0.25, 0.3) is 0 Å². The van der Waals surface area contributed by atoms with Crippen molar-refractivity contribution in [3.05, 3.63) is 0 Å². The highest BCUT2D eigenvalue weighted by molar-refractivity contribution is 4.79. The molecule has 1 heterocycles. The van der Waals surface area contributed by atoms with Crippen LogP contribution in [-0.2, 0) is 4.74 Å². The Morgan fingerprint density at radius 2 is 1.92 bits per heavy atom. The van der Waals surface area contributed by atoms with E-state index in [0.29, 0.717) is 12.3 Å². The molecular formula is C10H20O3. The van der Waals surface area contributed by atoms with Gasteiger partial charge in [0.2, 0.25) is 0 Å². The first-order valence-corrected chi connectivity index (χ1v) is 4.98. The average Bonchev–Trinajstić information content (AvgIpc) is 2.04.